The molecule has 140 valence electrons. The number of carbonyl (C=O) groups is 2. The Balaban J connectivity index is 2.09. The van der Waals surface area contributed by atoms with E-state index in [0.29, 0.717) is 39.5 Å². The number of esters is 1. The van der Waals surface area contributed by atoms with Gasteiger partial charge >= 0.3 is 11.9 Å². The van der Waals surface area contributed by atoms with Gasteiger partial charge in [0, 0.05) is 19.7 Å². The first-order valence-electron chi connectivity index (χ1n) is 8.93. The predicted molar refractivity (Wildman–Crippen MR) is 89.0 cm³/mol. The lowest BCUT2D eigenvalue weighted by molar-refractivity contribution is -0.155. The highest BCUT2D eigenvalue weighted by molar-refractivity contribution is 5.81. The molecule has 1 N–H and O–H groups in total. The molecule has 0 bridgehead atoms. The van der Waals surface area contributed by atoms with Crippen LogP contribution >= 0.6 is 0 Å². The van der Waals surface area contributed by atoms with Crippen LogP contribution in [0.1, 0.15) is 45.4 Å². The van der Waals surface area contributed by atoms with Crippen LogP contribution in [0.3, 0.4) is 0 Å². The van der Waals surface area contributed by atoms with Crippen molar-refractivity contribution in [2.45, 2.75) is 51.5 Å². The summed E-state index contributed by atoms with van der Waals surface area (Å²) >= 11 is 0. The Labute approximate surface area is 144 Å². The maximum absolute atomic E-state index is 11.8. The monoisotopic (exact) mass is 345 g/mol. The highest BCUT2D eigenvalue weighted by Crippen LogP contribution is 2.09. The number of carboxylic acid groups (broad SMARTS) is 1. The van der Waals surface area contributed by atoms with Gasteiger partial charge in [-0.05, 0) is 6.42 Å². The number of ether oxygens (including phenoxy) is 3. The average molecular weight is 345 g/mol. The zero-order valence-corrected chi connectivity index (χ0v) is 14.7. The molecule has 1 atom stereocenters. The summed E-state index contributed by atoms with van der Waals surface area (Å²) < 4.78 is 15.7. The van der Waals surface area contributed by atoms with Crippen LogP contribution in [0.5, 0.6) is 0 Å². The predicted octanol–water partition coefficient (Wildman–Crippen LogP) is 1.69. The lowest BCUT2D eigenvalue weighted by Crippen LogP contribution is -2.48. The van der Waals surface area contributed by atoms with Crippen LogP contribution in [-0.4, -0.2) is 74.1 Å². The van der Waals surface area contributed by atoms with E-state index in [2.05, 4.69) is 6.92 Å². The second kappa shape index (κ2) is 13.1. The fourth-order valence-electron chi connectivity index (χ4n) is 2.60. The normalized spacial score (nSPS) is 16.7. The smallest absolute Gasteiger partial charge is 0.321 e. The van der Waals surface area contributed by atoms with Crippen LogP contribution in [0.15, 0.2) is 0 Å². The summed E-state index contributed by atoms with van der Waals surface area (Å²) in [4.78, 5) is 24.9. The standard InChI is InChI=1S/C17H31NO6/c1-2-3-4-5-6-9-22-12-13-24-16(19)14-15(17(20)21)18-7-10-23-11-8-18/h15H,2-14H2,1H3,(H,20,21). The topological polar surface area (TPSA) is 85.3 Å². The number of rotatable bonds is 13. The minimum Gasteiger partial charge on any atom is -0.480 e. The van der Waals surface area contributed by atoms with Gasteiger partial charge in [0.25, 0.3) is 0 Å². The molecule has 0 aromatic heterocycles. The summed E-state index contributed by atoms with van der Waals surface area (Å²) in [5.41, 5.74) is 0. The Morgan fingerprint density at radius 1 is 1.08 bits per heavy atom. The van der Waals surface area contributed by atoms with Gasteiger partial charge in [-0.15, -0.1) is 0 Å². The van der Waals surface area contributed by atoms with Crippen LogP contribution in [0.4, 0.5) is 0 Å². The van der Waals surface area contributed by atoms with Crippen molar-refractivity contribution in [1.82, 2.24) is 4.90 Å². The Hall–Kier alpha value is -1.18. The molecule has 1 aliphatic heterocycles. The van der Waals surface area contributed by atoms with Crippen LogP contribution in [0.25, 0.3) is 0 Å². The molecule has 1 rings (SSSR count). The molecule has 0 radical (unpaired) electrons. The Morgan fingerprint density at radius 2 is 1.79 bits per heavy atom. The van der Waals surface area contributed by atoms with Gasteiger partial charge in [0.1, 0.15) is 12.6 Å². The maximum Gasteiger partial charge on any atom is 0.321 e. The molecule has 1 saturated heterocycles. The van der Waals surface area contributed by atoms with Crippen molar-refractivity contribution < 1.29 is 28.9 Å². The van der Waals surface area contributed by atoms with E-state index in [0.717, 1.165) is 12.8 Å². The molecule has 0 saturated carbocycles. The second-order valence-electron chi connectivity index (χ2n) is 5.95. The van der Waals surface area contributed by atoms with Gasteiger partial charge in [0.15, 0.2) is 0 Å². The van der Waals surface area contributed by atoms with E-state index in [1.807, 2.05) is 0 Å². The maximum atomic E-state index is 11.8. The van der Waals surface area contributed by atoms with E-state index >= 15 is 0 Å². The van der Waals surface area contributed by atoms with Crippen LogP contribution in [0, 0.1) is 0 Å². The van der Waals surface area contributed by atoms with E-state index in [4.69, 9.17) is 14.2 Å². The fraction of sp³-hybridized carbons (Fsp3) is 0.882. The minimum atomic E-state index is -1.00. The quantitative estimate of drug-likeness (QED) is 0.401. The molecule has 0 aromatic carbocycles. The van der Waals surface area contributed by atoms with Crippen molar-refractivity contribution >= 4 is 11.9 Å². The summed E-state index contributed by atoms with van der Waals surface area (Å²) in [5.74, 6) is -1.50. The van der Waals surface area contributed by atoms with Crippen molar-refractivity contribution in [3.05, 3.63) is 0 Å². The van der Waals surface area contributed by atoms with E-state index in [-0.39, 0.29) is 13.0 Å². The van der Waals surface area contributed by atoms with Crippen molar-refractivity contribution in [3.8, 4) is 0 Å². The Bertz CT molecular complexity index is 357. The van der Waals surface area contributed by atoms with Gasteiger partial charge in [-0.25, -0.2) is 0 Å². The summed E-state index contributed by atoms with van der Waals surface area (Å²) in [6.45, 7) is 5.40. The third-order valence-corrected chi connectivity index (χ3v) is 4.01. The lowest BCUT2D eigenvalue weighted by Gasteiger charge is -2.31. The van der Waals surface area contributed by atoms with Gasteiger partial charge in [-0.1, -0.05) is 32.6 Å². The molecule has 1 aliphatic rings. The molecule has 1 unspecified atom stereocenters. The number of hydrogen-bond donors (Lipinski definition) is 1. The summed E-state index contributed by atoms with van der Waals surface area (Å²) in [6, 6.07) is -0.846. The fourth-order valence-corrected chi connectivity index (χ4v) is 2.60. The van der Waals surface area contributed by atoms with Gasteiger partial charge in [-0.3, -0.25) is 14.5 Å². The number of aliphatic carboxylic acids is 1. The molecule has 0 spiro atoms. The molecular weight excluding hydrogens is 314 g/mol. The number of unbranched alkanes of at least 4 members (excludes halogenated alkanes) is 4. The molecule has 1 fully saturated rings. The van der Waals surface area contributed by atoms with Crippen molar-refractivity contribution in [1.29, 1.82) is 0 Å². The zero-order valence-electron chi connectivity index (χ0n) is 14.7. The summed E-state index contributed by atoms with van der Waals surface area (Å²) in [5, 5.41) is 9.29. The number of carboxylic acids is 1. The van der Waals surface area contributed by atoms with Gasteiger partial charge < -0.3 is 19.3 Å². The zero-order chi connectivity index (χ0) is 17.6. The second-order valence-corrected chi connectivity index (χ2v) is 5.95. The first kappa shape index (κ1) is 20.9. The first-order valence-corrected chi connectivity index (χ1v) is 8.93. The molecular formula is C17H31NO6. The molecule has 1 heterocycles. The van der Waals surface area contributed by atoms with Gasteiger partial charge in [-0.2, -0.15) is 0 Å². The number of hydrogen-bond acceptors (Lipinski definition) is 6. The van der Waals surface area contributed by atoms with Crippen molar-refractivity contribution in [2.24, 2.45) is 0 Å². The highest BCUT2D eigenvalue weighted by atomic mass is 16.6. The van der Waals surface area contributed by atoms with E-state index < -0.39 is 18.0 Å². The molecule has 0 aliphatic carbocycles. The first-order chi connectivity index (χ1) is 11.6. The molecule has 24 heavy (non-hydrogen) atoms. The molecule has 0 aromatic rings. The highest BCUT2D eigenvalue weighted by Gasteiger charge is 2.29. The van der Waals surface area contributed by atoms with Gasteiger partial charge in [0.05, 0.1) is 26.2 Å². The van der Waals surface area contributed by atoms with E-state index in [1.54, 1.807) is 4.90 Å². The summed E-state index contributed by atoms with van der Waals surface area (Å²) in [6.07, 6.45) is 5.74. The van der Waals surface area contributed by atoms with Crippen molar-refractivity contribution in [3.63, 3.8) is 0 Å². The number of morpholine rings is 1. The third kappa shape index (κ3) is 9.20. The number of carbonyl (C=O) groups excluding carboxylic acids is 1. The van der Waals surface area contributed by atoms with Crippen LogP contribution < -0.4 is 0 Å². The number of nitrogens with zero attached hydrogens (tertiary/aromatic N) is 1. The Kier molecular flexibility index (Phi) is 11.4. The minimum absolute atomic E-state index is 0.146. The molecule has 7 nitrogen and oxygen atoms in total. The van der Waals surface area contributed by atoms with E-state index in [9.17, 15) is 14.7 Å². The van der Waals surface area contributed by atoms with E-state index in [1.165, 1.54) is 19.3 Å². The van der Waals surface area contributed by atoms with Crippen molar-refractivity contribution in [2.75, 3.05) is 46.1 Å². The lowest BCUT2D eigenvalue weighted by atomic mass is 10.1. The molecule has 0 amide bonds. The summed E-state index contributed by atoms with van der Waals surface area (Å²) in [7, 11) is 0. The molecule has 7 heteroatoms. The average Bonchev–Trinajstić information content (AvgIpc) is 2.58. The SMILES string of the molecule is CCCCCCCOCCOC(=O)CC(C(=O)O)N1CCOCC1. The third-order valence-electron chi connectivity index (χ3n) is 4.01. The largest absolute Gasteiger partial charge is 0.480 e. The van der Waals surface area contributed by atoms with Crippen LogP contribution in [0.2, 0.25) is 0 Å². The van der Waals surface area contributed by atoms with Gasteiger partial charge in [0.2, 0.25) is 0 Å². The Morgan fingerprint density at radius 3 is 2.46 bits per heavy atom. The van der Waals surface area contributed by atoms with Crippen LogP contribution in [-0.2, 0) is 23.8 Å².